The number of carbonyl (C=O) groups excluding carboxylic acids is 1. The van der Waals surface area contributed by atoms with Crippen molar-refractivity contribution in [3.63, 3.8) is 0 Å². The average molecular weight is 377 g/mol. The Morgan fingerprint density at radius 2 is 2.11 bits per heavy atom. The van der Waals surface area contributed by atoms with Crippen LogP contribution < -0.4 is 5.32 Å². The summed E-state index contributed by atoms with van der Waals surface area (Å²) in [5.74, 6) is -0.727. The molecule has 3 aromatic rings. The number of rotatable bonds is 7. The molecule has 28 heavy (non-hydrogen) atoms. The molecule has 0 atom stereocenters. The topological polar surface area (TPSA) is 67.0 Å². The van der Waals surface area contributed by atoms with Crippen LogP contribution in [0.1, 0.15) is 11.1 Å². The van der Waals surface area contributed by atoms with Gasteiger partial charge in [-0.3, -0.25) is 4.79 Å². The van der Waals surface area contributed by atoms with Crippen molar-refractivity contribution in [2.45, 2.75) is 6.54 Å². The number of aromatic nitrogens is 1. The van der Waals surface area contributed by atoms with Gasteiger partial charge < -0.3 is 14.6 Å². The molecule has 1 aromatic heterocycles. The van der Waals surface area contributed by atoms with Crippen LogP contribution in [0.5, 0.6) is 0 Å². The van der Waals surface area contributed by atoms with Crippen LogP contribution in [0.3, 0.4) is 0 Å². The van der Waals surface area contributed by atoms with Gasteiger partial charge in [0.15, 0.2) is 0 Å². The van der Waals surface area contributed by atoms with Gasteiger partial charge in [0.2, 0.25) is 0 Å². The highest BCUT2D eigenvalue weighted by molar-refractivity contribution is 6.04. The largest absolute Gasteiger partial charge is 0.383 e. The molecule has 0 spiro atoms. The highest BCUT2D eigenvalue weighted by Gasteiger charge is 2.12. The van der Waals surface area contributed by atoms with E-state index in [4.69, 9.17) is 4.74 Å². The number of benzene rings is 2. The van der Waals surface area contributed by atoms with Crippen LogP contribution in [-0.2, 0) is 16.1 Å². The lowest BCUT2D eigenvalue weighted by molar-refractivity contribution is -0.117. The minimum absolute atomic E-state index is 0.0183. The van der Waals surface area contributed by atoms with Crippen LogP contribution in [0.2, 0.25) is 0 Å². The third-order valence-electron chi connectivity index (χ3n) is 4.32. The molecule has 5 nitrogen and oxygen atoms in total. The first-order valence-electron chi connectivity index (χ1n) is 8.83. The van der Waals surface area contributed by atoms with Crippen molar-refractivity contribution in [3.05, 3.63) is 77.2 Å². The van der Waals surface area contributed by atoms with Crippen LogP contribution in [0.25, 0.3) is 17.0 Å². The number of carbonyl (C=O) groups is 1. The number of fused-ring (bicyclic) bond motifs is 1. The molecule has 1 N–H and O–H groups in total. The fraction of sp³-hybridized carbons (Fsp3) is 0.182. The number of halogens is 1. The molecule has 0 aliphatic heterocycles. The zero-order valence-electron chi connectivity index (χ0n) is 15.5. The van der Waals surface area contributed by atoms with Gasteiger partial charge in [-0.15, -0.1) is 0 Å². The highest BCUT2D eigenvalue weighted by Crippen LogP contribution is 2.24. The third-order valence-corrected chi connectivity index (χ3v) is 4.32. The second-order valence-electron chi connectivity index (χ2n) is 6.28. The van der Waals surface area contributed by atoms with E-state index in [1.807, 2.05) is 47.2 Å². The number of ether oxygens (including phenoxy) is 1. The van der Waals surface area contributed by atoms with Crippen LogP contribution in [0.15, 0.2) is 60.3 Å². The number of amides is 1. The van der Waals surface area contributed by atoms with Crippen molar-refractivity contribution < 1.29 is 13.9 Å². The predicted molar refractivity (Wildman–Crippen MR) is 106 cm³/mol. The Morgan fingerprint density at radius 3 is 2.86 bits per heavy atom. The molecule has 3 rings (SSSR count). The van der Waals surface area contributed by atoms with E-state index in [1.54, 1.807) is 19.3 Å². The van der Waals surface area contributed by atoms with E-state index < -0.39 is 5.91 Å². The molecule has 0 fully saturated rings. The summed E-state index contributed by atoms with van der Waals surface area (Å²) in [5.41, 5.74) is 2.54. The molecule has 1 amide bonds. The first-order chi connectivity index (χ1) is 13.6. The number of nitriles is 1. The van der Waals surface area contributed by atoms with Crippen molar-refractivity contribution in [3.8, 4) is 6.07 Å². The normalized spacial score (nSPS) is 11.4. The van der Waals surface area contributed by atoms with Crippen LogP contribution >= 0.6 is 0 Å². The Kier molecular flexibility index (Phi) is 6.20. The molecule has 0 bridgehead atoms. The lowest BCUT2D eigenvalue weighted by atomic mass is 10.1. The Labute approximate surface area is 162 Å². The molecule has 0 saturated heterocycles. The molecular weight excluding hydrogens is 357 g/mol. The van der Waals surface area contributed by atoms with Gasteiger partial charge in [0, 0.05) is 42.9 Å². The number of methoxy groups -OCH3 is 1. The van der Waals surface area contributed by atoms with E-state index in [-0.39, 0.29) is 11.4 Å². The van der Waals surface area contributed by atoms with Crippen molar-refractivity contribution >= 4 is 22.9 Å². The summed E-state index contributed by atoms with van der Waals surface area (Å²) in [6, 6.07) is 16.1. The van der Waals surface area contributed by atoms with Gasteiger partial charge in [-0.1, -0.05) is 30.3 Å². The standard InChI is InChI=1S/C22H20FN3O2/c1-28-10-9-25-22(27)17(13-24)12-18-15-26(21-8-3-2-7-20(18)21)14-16-5-4-6-19(23)11-16/h2-8,11-12,15H,9-10,14H2,1H3,(H,25,27)/b17-12+. The fourth-order valence-corrected chi connectivity index (χ4v) is 3.02. The summed E-state index contributed by atoms with van der Waals surface area (Å²) in [5, 5.41) is 13.0. The quantitative estimate of drug-likeness (QED) is 0.389. The number of hydrogen-bond donors (Lipinski definition) is 1. The van der Waals surface area contributed by atoms with E-state index in [0.717, 1.165) is 22.0 Å². The van der Waals surface area contributed by atoms with Gasteiger partial charge in [0.1, 0.15) is 17.5 Å². The first-order valence-corrected chi connectivity index (χ1v) is 8.83. The van der Waals surface area contributed by atoms with E-state index in [1.165, 1.54) is 12.1 Å². The molecule has 0 aliphatic carbocycles. The number of nitrogens with one attached hydrogen (secondary N) is 1. The van der Waals surface area contributed by atoms with E-state index >= 15 is 0 Å². The molecule has 142 valence electrons. The number of hydrogen-bond acceptors (Lipinski definition) is 3. The summed E-state index contributed by atoms with van der Waals surface area (Å²) in [7, 11) is 1.54. The first kappa shape index (κ1) is 19.3. The van der Waals surface area contributed by atoms with Crippen molar-refractivity contribution in [1.29, 1.82) is 5.26 Å². The second kappa shape index (κ2) is 8.98. The summed E-state index contributed by atoms with van der Waals surface area (Å²) in [6.07, 6.45) is 3.45. The molecule has 0 aliphatic rings. The smallest absolute Gasteiger partial charge is 0.262 e. The summed E-state index contributed by atoms with van der Waals surface area (Å²) in [6.45, 7) is 1.18. The zero-order valence-corrected chi connectivity index (χ0v) is 15.5. The Balaban J connectivity index is 1.95. The molecule has 0 radical (unpaired) electrons. The van der Waals surface area contributed by atoms with E-state index in [2.05, 4.69) is 5.32 Å². The van der Waals surface area contributed by atoms with Crippen LogP contribution in [-0.4, -0.2) is 30.7 Å². The van der Waals surface area contributed by atoms with Gasteiger partial charge in [-0.25, -0.2) is 4.39 Å². The maximum Gasteiger partial charge on any atom is 0.262 e. The van der Waals surface area contributed by atoms with Gasteiger partial charge in [0.25, 0.3) is 5.91 Å². The monoisotopic (exact) mass is 377 g/mol. The number of para-hydroxylation sites is 1. The Hall–Kier alpha value is -3.43. The molecule has 1 heterocycles. The summed E-state index contributed by atoms with van der Waals surface area (Å²) >= 11 is 0. The van der Waals surface area contributed by atoms with Gasteiger partial charge in [0.05, 0.1) is 6.61 Å². The summed E-state index contributed by atoms with van der Waals surface area (Å²) in [4.78, 5) is 12.2. The fourth-order valence-electron chi connectivity index (χ4n) is 3.02. The molecular formula is C22H20FN3O2. The third kappa shape index (κ3) is 4.45. The lowest BCUT2D eigenvalue weighted by Crippen LogP contribution is -2.27. The van der Waals surface area contributed by atoms with E-state index in [0.29, 0.717) is 19.7 Å². The maximum absolute atomic E-state index is 13.5. The van der Waals surface area contributed by atoms with Gasteiger partial charge in [-0.2, -0.15) is 5.26 Å². The van der Waals surface area contributed by atoms with E-state index in [9.17, 15) is 14.4 Å². The Morgan fingerprint density at radius 1 is 1.29 bits per heavy atom. The molecule has 6 heteroatoms. The number of nitrogens with zero attached hydrogens (tertiary/aromatic N) is 2. The lowest BCUT2D eigenvalue weighted by Gasteiger charge is -2.05. The Bertz CT molecular complexity index is 1060. The van der Waals surface area contributed by atoms with Crippen molar-refractivity contribution in [1.82, 2.24) is 9.88 Å². The molecule has 0 unspecified atom stereocenters. The SMILES string of the molecule is COCCNC(=O)/C(C#N)=C/c1cn(Cc2cccc(F)c2)c2ccccc12. The molecule has 2 aromatic carbocycles. The predicted octanol–water partition coefficient (Wildman–Crippen LogP) is 3.50. The maximum atomic E-state index is 13.5. The average Bonchev–Trinajstić information content (AvgIpc) is 3.03. The van der Waals surface area contributed by atoms with Gasteiger partial charge >= 0.3 is 0 Å². The second-order valence-corrected chi connectivity index (χ2v) is 6.28. The zero-order chi connectivity index (χ0) is 19.9. The highest BCUT2D eigenvalue weighted by atomic mass is 19.1. The van der Waals surface area contributed by atoms with Crippen LogP contribution in [0, 0.1) is 17.1 Å². The minimum atomic E-state index is -0.443. The molecule has 0 saturated carbocycles. The van der Waals surface area contributed by atoms with Crippen molar-refractivity contribution in [2.75, 3.05) is 20.3 Å². The van der Waals surface area contributed by atoms with Gasteiger partial charge in [-0.05, 0) is 29.8 Å². The minimum Gasteiger partial charge on any atom is -0.383 e. The van der Waals surface area contributed by atoms with Crippen molar-refractivity contribution in [2.24, 2.45) is 0 Å². The van der Waals surface area contributed by atoms with Crippen LogP contribution in [0.4, 0.5) is 4.39 Å². The summed E-state index contributed by atoms with van der Waals surface area (Å²) < 4.78 is 20.4.